The summed E-state index contributed by atoms with van der Waals surface area (Å²) in [6.45, 7) is 1.93. The van der Waals surface area contributed by atoms with E-state index >= 15 is 0 Å². The smallest absolute Gasteiger partial charge is 0.240 e. The minimum absolute atomic E-state index is 0.0114. The number of thioether (sulfide) groups is 1. The quantitative estimate of drug-likeness (QED) is 0.455. The van der Waals surface area contributed by atoms with Gasteiger partial charge in [0, 0.05) is 25.8 Å². The second-order valence-electron chi connectivity index (χ2n) is 6.12. The Morgan fingerprint density at radius 3 is 2.44 bits per heavy atom. The van der Waals surface area contributed by atoms with Gasteiger partial charge in [-0.2, -0.15) is 0 Å². The number of aromatic nitrogens is 2. The Morgan fingerprint density at radius 2 is 1.74 bits per heavy atom. The average molecular weight is 505 g/mol. The van der Waals surface area contributed by atoms with E-state index in [-0.39, 0.29) is 11.3 Å². The van der Waals surface area contributed by atoms with Crippen molar-refractivity contribution in [3.05, 3.63) is 74.8 Å². The van der Waals surface area contributed by atoms with Crippen molar-refractivity contribution in [2.24, 2.45) is 0 Å². The molecular formula is C20H15Br2N3OS. The SMILES string of the molecule is Cc1cc(-c2ccccc2)nc(N2C(=O)CS[C@@H]2c2c(Br)cccc2Br)n1. The molecule has 1 amide bonds. The molecule has 3 aromatic rings. The molecule has 7 heteroatoms. The van der Waals surface area contributed by atoms with Gasteiger partial charge in [0.1, 0.15) is 5.37 Å². The van der Waals surface area contributed by atoms with Crippen molar-refractivity contribution in [3.8, 4) is 11.3 Å². The number of hydrogen-bond acceptors (Lipinski definition) is 4. The third-order valence-electron chi connectivity index (χ3n) is 4.24. The van der Waals surface area contributed by atoms with Crippen LogP contribution in [0.25, 0.3) is 11.3 Å². The molecule has 1 aliphatic heterocycles. The van der Waals surface area contributed by atoms with Gasteiger partial charge in [-0.05, 0) is 25.1 Å². The highest BCUT2D eigenvalue weighted by atomic mass is 79.9. The van der Waals surface area contributed by atoms with E-state index in [1.165, 1.54) is 0 Å². The third-order valence-corrected chi connectivity index (χ3v) is 6.80. The molecule has 0 radical (unpaired) electrons. The number of hydrogen-bond donors (Lipinski definition) is 0. The highest BCUT2D eigenvalue weighted by Gasteiger charge is 2.38. The Morgan fingerprint density at radius 1 is 1.04 bits per heavy atom. The molecule has 0 aliphatic carbocycles. The standard InChI is InChI=1S/C20H15Br2N3OS/c1-12-10-16(13-6-3-2-4-7-13)24-20(23-12)25-17(26)11-27-19(25)18-14(21)8-5-9-15(18)22/h2-10,19H,11H2,1H3/t19-/m1/s1. The first-order valence-corrected chi connectivity index (χ1v) is 11.0. The second-order valence-corrected chi connectivity index (χ2v) is 8.90. The maximum atomic E-state index is 12.7. The van der Waals surface area contributed by atoms with Crippen LogP contribution in [0, 0.1) is 6.92 Å². The third kappa shape index (κ3) is 3.68. The number of carbonyl (C=O) groups is 1. The van der Waals surface area contributed by atoms with Gasteiger partial charge in [0.2, 0.25) is 11.9 Å². The molecule has 2 heterocycles. The van der Waals surface area contributed by atoms with E-state index in [2.05, 4.69) is 36.8 Å². The van der Waals surface area contributed by atoms with E-state index in [1.807, 2.05) is 61.5 Å². The molecule has 1 saturated heterocycles. The van der Waals surface area contributed by atoms with Crippen molar-refractivity contribution < 1.29 is 4.79 Å². The molecule has 1 aromatic heterocycles. The molecule has 4 rings (SSSR count). The summed E-state index contributed by atoms with van der Waals surface area (Å²) < 4.78 is 1.90. The summed E-state index contributed by atoms with van der Waals surface area (Å²) in [5, 5.41) is -0.187. The lowest BCUT2D eigenvalue weighted by atomic mass is 10.1. The predicted molar refractivity (Wildman–Crippen MR) is 117 cm³/mol. The second kappa shape index (κ2) is 7.73. The van der Waals surface area contributed by atoms with Crippen LogP contribution in [-0.4, -0.2) is 21.6 Å². The van der Waals surface area contributed by atoms with Crippen LogP contribution < -0.4 is 4.90 Å². The van der Waals surface area contributed by atoms with Crippen molar-refractivity contribution in [1.82, 2.24) is 9.97 Å². The van der Waals surface area contributed by atoms with Crippen LogP contribution in [0.2, 0.25) is 0 Å². The van der Waals surface area contributed by atoms with Crippen LogP contribution in [0.1, 0.15) is 16.6 Å². The van der Waals surface area contributed by atoms with Gasteiger partial charge in [0.05, 0.1) is 11.4 Å². The van der Waals surface area contributed by atoms with Crippen LogP contribution in [0.5, 0.6) is 0 Å². The molecular weight excluding hydrogens is 490 g/mol. The predicted octanol–water partition coefficient (Wildman–Crippen LogP) is 5.76. The summed E-state index contributed by atoms with van der Waals surface area (Å²) in [7, 11) is 0. The monoisotopic (exact) mass is 503 g/mol. The van der Waals surface area contributed by atoms with E-state index in [0.29, 0.717) is 11.7 Å². The average Bonchev–Trinajstić information content (AvgIpc) is 3.03. The number of anilines is 1. The van der Waals surface area contributed by atoms with E-state index in [0.717, 1.165) is 31.5 Å². The number of rotatable bonds is 3. The maximum absolute atomic E-state index is 12.7. The summed E-state index contributed by atoms with van der Waals surface area (Å²) >= 11 is 8.82. The molecule has 136 valence electrons. The van der Waals surface area contributed by atoms with Gasteiger partial charge in [0.15, 0.2) is 0 Å². The minimum Gasteiger partial charge on any atom is -0.273 e. The first-order chi connectivity index (χ1) is 13.0. The fourth-order valence-electron chi connectivity index (χ4n) is 3.02. The normalized spacial score (nSPS) is 16.8. The van der Waals surface area contributed by atoms with Crippen molar-refractivity contribution in [2.45, 2.75) is 12.3 Å². The molecule has 2 aromatic carbocycles. The summed E-state index contributed by atoms with van der Waals surface area (Å²) in [6, 6.07) is 17.8. The fourth-order valence-corrected chi connectivity index (χ4v) is 5.97. The molecule has 4 nitrogen and oxygen atoms in total. The van der Waals surface area contributed by atoms with Crippen molar-refractivity contribution >= 4 is 55.5 Å². The van der Waals surface area contributed by atoms with E-state index in [4.69, 9.17) is 4.98 Å². The number of benzene rings is 2. The maximum Gasteiger partial charge on any atom is 0.240 e. The van der Waals surface area contributed by atoms with E-state index in [1.54, 1.807) is 16.7 Å². The number of aryl methyl sites for hydroxylation is 1. The van der Waals surface area contributed by atoms with E-state index in [9.17, 15) is 4.79 Å². The molecule has 0 unspecified atom stereocenters. The number of amides is 1. The Hall–Kier alpha value is -1.70. The van der Waals surface area contributed by atoms with Crippen LogP contribution >= 0.6 is 43.6 Å². The van der Waals surface area contributed by atoms with Crippen LogP contribution in [0.15, 0.2) is 63.5 Å². The number of halogens is 2. The lowest BCUT2D eigenvalue weighted by Gasteiger charge is -2.24. The highest BCUT2D eigenvalue weighted by Crippen LogP contribution is 2.46. The van der Waals surface area contributed by atoms with Gasteiger partial charge in [-0.25, -0.2) is 9.97 Å². The lowest BCUT2D eigenvalue weighted by molar-refractivity contribution is -0.115. The fraction of sp³-hybridized carbons (Fsp3) is 0.150. The molecule has 0 N–H and O–H groups in total. The van der Waals surface area contributed by atoms with Gasteiger partial charge in [-0.3, -0.25) is 9.69 Å². The Kier molecular flexibility index (Phi) is 5.34. The Labute approximate surface area is 178 Å². The summed E-state index contributed by atoms with van der Waals surface area (Å²) in [4.78, 5) is 23.7. The van der Waals surface area contributed by atoms with Gasteiger partial charge in [-0.1, -0.05) is 68.3 Å². The molecule has 0 saturated carbocycles. The first-order valence-electron chi connectivity index (χ1n) is 8.33. The first kappa shape index (κ1) is 18.7. The Balaban J connectivity index is 1.81. The van der Waals surface area contributed by atoms with Gasteiger partial charge >= 0.3 is 0 Å². The molecule has 27 heavy (non-hydrogen) atoms. The zero-order valence-electron chi connectivity index (χ0n) is 14.4. The lowest BCUT2D eigenvalue weighted by Crippen LogP contribution is -2.30. The largest absolute Gasteiger partial charge is 0.273 e. The zero-order valence-corrected chi connectivity index (χ0v) is 18.4. The molecule has 0 spiro atoms. The summed E-state index contributed by atoms with van der Waals surface area (Å²) in [6.07, 6.45) is 0. The summed E-state index contributed by atoms with van der Waals surface area (Å²) in [5.74, 6) is 0.852. The number of carbonyl (C=O) groups excluding carboxylic acids is 1. The van der Waals surface area contributed by atoms with Crippen LogP contribution in [0.3, 0.4) is 0 Å². The van der Waals surface area contributed by atoms with Gasteiger partial charge in [0.25, 0.3) is 0 Å². The van der Waals surface area contributed by atoms with Crippen LogP contribution in [0.4, 0.5) is 5.95 Å². The molecule has 1 aliphatic rings. The minimum atomic E-state index is -0.187. The van der Waals surface area contributed by atoms with E-state index < -0.39 is 0 Å². The molecule has 1 atom stereocenters. The Bertz CT molecular complexity index is 993. The topological polar surface area (TPSA) is 46.1 Å². The molecule has 1 fully saturated rings. The van der Waals surface area contributed by atoms with Crippen molar-refractivity contribution in [1.29, 1.82) is 0 Å². The van der Waals surface area contributed by atoms with Crippen molar-refractivity contribution in [3.63, 3.8) is 0 Å². The summed E-state index contributed by atoms with van der Waals surface area (Å²) in [5.41, 5.74) is 3.66. The van der Waals surface area contributed by atoms with Gasteiger partial charge < -0.3 is 0 Å². The van der Waals surface area contributed by atoms with Crippen molar-refractivity contribution in [2.75, 3.05) is 10.7 Å². The van der Waals surface area contributed by atoms with Gasteiger partial charge in [-0.15, -0.1) is 11.8 Å². The number of nitrogens with zero attached hydrogens (tertiary/aromatic N) is 3. The van der Waals surface area contributed by atoms with Crippen LogP contribution in [-0.2, 0) is 4.79 Å². The highest BCUT2D eigenvalue weighted by molar-refractivity contribution is 9.11. The molecule has 0 bridgehead atoms. The zero-order chi connectivity index (χ0) is 19.0.